The Morgan fingerprint density at radius 2 is 1.53 bits per heavy atom. The van der Waals surface area contributed by atoms with Gasteiger partial charge in [-0.05, 0) is 53.8 Å². The normalized spacial score (nSPS) is 14.3. The lowest BCUT2D eigenvalue weighted by Gasteiger charge is -2.23. The molecule has 7 nitrogen and oxygen atoms in total. The number of benzene rings is 3. The van der Waals surface area contributed by atoms with E-state index in [1.54, 1.807) is 12.1 Å². The summed E-state index contributed by atoms with van der Waals surface area (Å²) in [5, 5.41) is 10.4. The fourth-order valence-electron chi connectivity index (χ4n) is 4.47. The van der Waals surface area contributed by atoms with Crippen LogP contribution in [0.4, 0.5) is 16.2 Å². The van der Waals surface area contributed by atoms with Crippen molar-refractivity contribution in [2.75, 3.05) is 17.7 Å². The highest BCUT2D eigenvalue weighted by atomic mass is 35.5. The molecule has 0 aliphatic heterocycles. The van der Waals surface area contributed by atoms with Crippen molar-refractivity contribution in [3.05, 3.63) is 69.2 Å². The number of hydrogen-bond donors (Lipinski definition) is 3. The van der Waals surface area contributed by atoms with Crippen molar-refractivity contribution in [1.29, 1.82) is 0 Å². The summed E-state index contributed by atoms with van der Waals surface area (Å²) in [7, 11) is 1.30. The Kier molecular flexibility index (Phi) is 8.24. The predicted molar refractivity (Wildman–Crippen MR) is 143 cm³/mol. The number of esters is 1. The second kappa shape index (κ2) is 11.4. The average Bonchev–Trinajstić information content (AvgIpc) is 3.38. The monoisotopic (exact) mass is 547 g/mol. The predicted octanol–water partition coefficient (Wildman–Crippen LogP) is 6.91. The SMILES string of the molecule is COC(=O)[C@@H](NC(=O)c1cc2ccccc2cc1NC(=O)Nc1c(Cl)cc(Cl)cc1Cl)C1CCCC1. The van der Waals surface area contributed by atoms with Crippen LogP contribution in [0.1, 0.15) is 36.0 Å². The number of ether oxygens (including phenoxy) is 1. The summed E-state index contributed by atoms with van der Waals surface area (Å²) in [5.41, 5.74) is 0.628. The van der Waals surface area contributed by atoms with Gasteiger partial charge in [0, 0.05) is 5.02 Å². The number of carbonyl (C=O) groups is 3. The molecule has 3 aromatic rings. The van der Waals surface area contributed by atoms with Gasteiger partial charge in [0.2, 0.25) is 0 Å². The van der Waals surface area contributed by atoms with Crippen LogP contribution in [0.5, 0.6) is 0 Å². The molecule has 3 amide bonds. The molecule has 0 bridgehead atoms. The molecule has 1 saturated carbocycles. The molecule has 1 atom stereocenters. The van der Waals surface area contributed by atoms with Crippen LogP contribution in [0.2, 0.25) is 15.1 Å². The summed E-state index contributed by atoms with van der Waals surface area (Å²) in [5.74, 6) is -0.994. The standard InChI is InChI=1S/C26H24Cl3N3O4/c1-36-25(34)22(14-6-2-3-7-14)31-24(33)18-10-15-8-4-5-9-16(15)11-21(18)30-26(35)32-23-19(28)12-17(27)13-20(23)29/h4-5,8-14,22H,2-3,6-7H2,1H3,(H,31,33)(H2,30,32,35)/t22-/m0/s1. The Morgan fingerprint density at radius 3 is 2.14 bits per heavy atom. The van der Waals surface area contributed by atoms with E-state index in [2.05, 4.69) is 16.0 Å². The number of urea groups is 1. The molecule has 0 radical (unpaired) electrons. The maximum Gasteiger partial charge on any atom is 0.328 e. The summed E-state index contributed by atoms with van der Waals surface area (Å²) in [6.07, 6.45) is 3.64. The van der Waals surface area contributed by atoms with E-state index in [9.17, 15) is 14.4 Å². The molecule has 0 heterocycles. The molecule has 3 N–H and O–H groups in total. The Balaban J connectivity index is 1.64. The molecular formula is C26H24Cl3N3O4. The van der Waals surface area contributed by atoms with Gasteiger partial charge in [-0.2, -0.15) is 0 Å². The van der Waals surface area contributed by atoms with Gasteiger partial charge < -0.3 is 20.7 Å². The lowest BCUT2D eigenvalue weighted by Crippen LogP contribution is -2.46. The Labute approximate surface area is 223 Å². The zero-order chi connectivity index (χ0) is 25.8. The van der Waals surface area contributed by atoms with Crippen molar-refractivity contribution in [2.45, 2.75) is 31.7 Å². The van der Waals surface area contributed by atoms with Crippen LogP contribution in [0.3, 0.4) is 0 Å². The van der Waals surface area contributed by atoms with Gasteiger partial charge in [0.05, 0.1) is 34.1 Å². The number of amides is 3. The number of rotatable bonds is 6. The van der Waals surface area contributed by atoms with Crippen LogP contribution in [-0.4, -0.2) is 31.1 Å². The van der Waals surface area contributed by atoms with Crippen molar-refractivity contribution >= 4 is 74.9 Å². The summed E-state index contributed by atoms with van der Waals surface area (Å²) in [6.45, 7) is 0. The van der Waals surface area contributed by atoms with Crippen molar-refractivity contribution in [1.82, 2.24) is 5.32 Å². The molecule has 0 spiro atoms. The lowest BCUT2D eigenvalue weighted by molar-refractivity contribution is -0.144. The molecule has 3 aromatic carbocycles. The van der Waals surface area contributed by atoms with Gasteiger partial charge in [0.1, 0.15) is 6.04 Å². The number of anilines is 2. The maximum atomic E-state index is 13.4. The molecule has 36 heavy (non-hydrogen) atoms. The van der Waals surface area contributed by atoms with E-state index in [1.165, 1.54) is 19.2 Å². The van der Waals surface area contributed by atoms with Crippen LogP contribution in [0, 0.1) is 5.92 Å². The number of halogens is 3. The number of carbonyl (C=O) groups excluding carboxylic acids is 3. The lowest BCUT2D eigenvalue weighted by atomic mass is 9.97. The van der Waals surface area contributed by atoms with E-state index < -0.39 is 23.9 Å². The van der Waals surface area contributed by atoms with E-state index in [0.717, 1.165) is 36.5 Å². The van der Waals surface area contributed by atoms with Gasteiger partial charge in [-0.3, -0.25) is 4.79 Å². The minimum absolute atomic E-state index is 0.00393. The number of hydrogen-bond acceptors (Lipinski definition) is 4. The quantitative estimate of drug-likeness (QED) is 0.292. The first-order valence-electron chi connectivity index (χ1n) is 11.4. The molecule has 188 valence electrons. The topological polar surface area (TPSA) is 96.5 Å². The summed E-state index contributed by atoms with van der Waals surface area (Å²) >= 11 is 18.3. The fraction of sp³-hybridized carbons (Fsp3) is 0.269. The molecule has 1 aliphatic rings. The van der Waals surface area contributed by atoms with Gasteiger partial charge in [-0.15, -0.1) is 0 Å². The molecule has 1 fully saturated rings. The number of fused-ring (bicyclic) bond motifs is 1. The van der Waals surface area contributed by atoms with E-state index in [4.69, 9.17) is 39.5 Å². The average molecular weight is 549 g/mol. The van der Waals surface area contributed by atoms with Crippen LogP contribution in [0.15, 0.2) is 48.5 Å². The van der Waals surface area contributed by atoms with Crippen LogP contribution < -0.4 is 16.0 Å². The zero-order valence-corrected chi connectivity index (χ0v) is 21.6. The Morgan fingerprint density at radius 1 is 0.917 bits per heavy atom. The first kappa shape index (κ1) is 26.1. The van der Waals surface area contributed by atoms with Crippen molar-refractivity contribution < 1.29 is 19.1 Å². The molecular weight excluding hydrogens is 525 g/mol. The highest BCUT2D eigenvalue weighted by Crippen LogP contribution is 2.34. The van der Waals surface area contributed by atoms with Gasteiger partial charge in [-0.25, -0.2) is 9.59 Å². The first-order chi connectivity index (χ1) is 17.3. The highest BCUT2D eigenvalue weighted by molar-refractivity contribution is 6.42. The van der Waals surface area contributed by atoms with Crippen LogP contribution in [-0.2, 0) is 9.53 Å². The minimum Gasteiger partial charge on any atom is -0.467 e. The molecule has 1 aliphatic carbocycles. The number of methoxy groups -OCH3 is 1. The largest absolute Gasteiger partial charge is 0.467 e. The number of nitrogens with one attached hydrogen (secondary N) is 3. The molecule has 10 heteroatoms. The summed E-state index contributed by atoms with van der Waals surface area (Å²) in [4.78, 5) is 38.8. The second-order valence-electron chi connectivity index (χ2n) is 8.59. The smallest absolute Gasteiger partial charge is 0.328 e. The highest BCUT2D eigenvalue weighted by Gasteiger charge is 2.33. The summed E-state index contributed by atoms with van der Waals surface area (Å²) in [6, 6.07) is 12.3. The minimum atomic E-state index is -0.773. The van der Waals surface area contributed by atoms with Crippen LogP contribution >= 0.6 is 34.8 Å². The van der Waals surface area contributed by atoms with Crippen molar-refractivity contribution in [3.8, 4) is 0 Å². The van der Waals surface area contributed by atoms with Gasteiger partial charge in [0.15, 0.2) is 0 Å². The Hall–Kier alpha value is -3.00. The molecule has 0 aromatic heterocycles. The van der Waals surface area contributed by atoms with Crippen LogP contribution in [0.25, 0.3) is 10.8 Å². The van der Waals surface area contributed by atoms with E-state index in [-0.39, 0.29) is 32.9 Å². The van der Waals surface area contributed by atoms with E-state index in [0.29, 0.717) is 5.02 Å². The van der Waals surface area contributed by atoms with Gasteiger partial charge in [-0.1, -0.05) is 71.9 Å². The van der Waals surface area contributed by atoms with E-state index in [1.807, 2.05) is 24.3 Å². The fourth-order valence-corrected chi connectivity index (χ4v) is 5.38. The Bertz CT molecular complexity index is 1300. The van der Waals surface area contributed by atoms with Gasteiger partial charge >= 0.3 is 12.0 Å². The third-order valence-corrected chi connectivity index (χ3v) is 7.05. The molecule has 4 rings (SSSR count). The molecule has 0 saturated heterocycles. The van der Waals surface area contributed by atoms with Crippen molar-refractivity contribution in [2.24, 2.45) is 5.92 Å². The van der Waals surface area contributed by atoms with E-state index >= 15 is 0 Å². The van der Waals surface area contributed by atoms with Gasteiger partial charge in [0.25, 0.3) is 5.91 Å². The maximum absolute atomic E-state index is 13.4. The summed E-state index contributed by atoms with van der Waals surface area (Å²) < 4.78 is 4.96. The second-order valence-corrected chi connectivity index (χ2v) is 9.84. The molecule has 0 unspecified atom stereocenters. The third kappa shape index (κ3) is 5.86. The third-order valence-electron chi connectivity index (χ3n) is 6.24. The zero-order valence-electron chi connectivity index (χ0n) is 19.4. The van der Waals surface area contributed by atoms with Crippen molar-refractivity contribution in [3.63, 3.8) is 0 Å². The first-order valence-corrected chi connectivity index (χ1v) is 12.5.